The summed E-state index contributed by atoms with van der Waals surface area (Å²) in [4.78, 5) is 15.2. The lowest BCUT2D eigenvalue weighted by Crippen LogP contribution is -2.19. The van der Waals surface area contributed by atoms with Crippen LogP contribution < -0.4 is 5.32 Å². The number of oxime groups is 1. The number of nitrogens with zero attached hydrogens (tertiary/aromatic N) is 1. The molecule has 0 aliphatic carbocycles. The molecule has 1 rings (SSSR count). The second-order valence-electron chi connectivity index (χ2n) is 3.12. The third kappa shape index (κ3) is 3.42. The first-order valence-corrected chi connectivity index (χ1v) is 6.17. The van der Waals surface area contributed by atoms with Gasteiger partial charge in [-0.1, -0.05) is 12.1 Å². The molecule has 0 aromatic carbocycles. The predicted octanol–water partition coefficient (Wildman–Crippen LogP) is 1.91. The van der Waals surface area contributed by atoms with Crippen LogP contribution >= 0.6 is 23.5 Å². The maximum absolute atomic E-state index is 10.7. The zero-order chi connectivity index (χ0) is 10.6. The van der Waals surface area contributed by atoms with Crippen molar-refractivity contribution >= 4 is 35.8 Å². The number of carbonyl (C=O) groups excluding carboxylic acids is 1. The van der Waals surface area contributed by atoms with E-state index in [0.29, 0.717) is 5.25 Å². The van der Waals surface area contributed by atoms with Gasteiger partial charge in [0.1, 0.15) is 0 Å². The van der Waals surface area contributed by atoms with Crippen LogP contribution in [0.25, 0.3) is 0 Å². The number of thioether (sulfide) groups is 2. The highest BCUT2D eigenvalue weighted by atomic mass is 32.2. The summed E-state index contributed by atoms with van der Waals surface area (Å²) in [6.45, 7) is 4.25. The van der Waals surface area contributed by atoms with E-state index < -0.39 is 6.09 Å². The van der Waals surface area contributed by atoms with E-state index >= 15 is 0 Å². The number of nitrogens with one attached hydrogen (secondary N) is 1. The van der Waals surface area contributed by atoms with Crippen molar-refractivity contribution in [3.05, 3.63) is 0 Å². The molecule has 0 radical (unpaired) electrons. The first-order chi connectivity index (χ1) is 6.56. The Balaban J connectivity index is 2.39. The van der Waals surface area contributed by atoms with Crippen molar-refractivity contribution in [2.75, 3.05) is 12.8 Å². The van der Waals surface area contributed by atoms with Gasteiger partial charge < -0.3 is 5.32 Å². The monoisotopic (exact) mass is 234 g/mol. The van der Waals surface area contributed by atoms with Crippen LogP contribution in [0, 0.1) is 0 Å². The Labute approximate surface area is 92.2 Å². The van der Waals surface area contributed by atoms with Gasteiger partial charge in [0.25, 0.3) is 0 Å². The van der Waals surface area contributed by atoms with Gasteiger partial charge in [0, 0.05) is 18.1 Å². The van der Waals surface area contributed by atoms with E-state index in [9.17, 15) is 4.79 Å². The molecule has 0 bridgehead atoms. The van der Waals surface area contributed by atoms with E-state index in [-0.39, 0.29) is 4.08 Å². The molecule has 1 N–H and O–H groups in total. The van der Waals surface area contributed by atoms with E-state index in [1.165, 1.54) is 7.05 Å². The smallest absolute Gasteiger partial charge is 0.323 e. The molecule has 0 aromatic heterocycles. The molecular weight excluding hydrogens is 220 g/mol. The maximum Gasteiger partial charge on any atom is 0.433 e. The predicted molar refractivity (Wildman–Crippen MR) is 61.9 cm³/mol. The standard InChI is InChI=1S/C8H14N2O2S2/c1-6-4-13-8(2,14-6)5-10-12-7(11)9-3/h5-6H,4H2,1-3H3,(H,9,11)/t6-,8+/m1/s1. The van der Waals surface area contributed by atoms with Crippen molar-refractivity contribution in [3.8, 4) is 0 Å². The molecule has 0 unspecified atom stereocenters. The van der Waals surface area contributed by atoms with Crippen molar-refractivity contribution in [2.45, 2.75) is 23.2 Å². The van der Waals surface area contributed by atoms with Crippen LogP contribution in [-0.4, -0.2) is 34.4 Å². The minimum Gasteiger partial charge on any atom is -0.323 e. The normalized spacial score (nSPS) is 32.1. The SMILES string of the molecule is CNC(=O)ON=C[C@@]1(C)SC[C@@H](C)S1. The first kappa shape index (κ1) is 11.7. The summed E-state index contributed by atoms with van der Waals surface area (Å²) in [6, 6.07) is 0. The summed E-state index contributed by atoms with van der Waals surface area (Å²) in [5.74, 6) is 1.10. The van der Waals surface area contributed by atoms with Crippen LogP contribution in [0.5, 0.6) is 0 Å². The van der Waals surface area contributed by atoms with Crippen LogP contribution in [0.4, 0.5) is 4.79 Å². The Bertz CT molecular complexity index is 247. The molecule has 0 spiro atoms. The molecule has 1 aliphatic rings. The summed E-state index contributed by atoms with van der Waals surface area (Å²) in [6.07, 6.45) is 1.15. The molecule has 1 aliphatic heterocycles. The largest absolute Gasteiger partial charge is 0.433 e. The number of hydrogen-bond donors (Lipinski definition) is 1. The van der Waals surface area contributed by atoms with Crippen LogP contribution in [0.15, 0.2) is 5.16 Å². The molecule has 2 atom stereocenters. The molecule has 4 nitrogen and oxygen atoms in total. The van der Waals surface area contributed by atoms with Gasteiger partial charge in [-0.15, -0.1) is 23.5 Å². The van der Waals surface area contributed by atoms with Gasteiger partial charge in [-0.05, 0) is 6.92 Å². The Hall–Kier alpha value is -0.360. The third-order valence-electron chi connectivity index (χ3n) is 1.67. The van der Waals surface area contributed by atoms with E-state index in [0.717, 1.165) is 5.75 Å². The zero-order valence-corrected chi connectivity index (χ0v) is 10.1. The van der Waals surface area contributed by atoms with E-state index in [4.69, 9.17) is 0 Å². The molecule has 1 amide bonds. The summed E-state index contributed by atoms with van der Waals surface area (Å²) >= 11 is 3.64. The molecule has 80 valence electrons. The highest BCUT2D eigenvalue weighted by Crippen LogP contribution is 2.46. The average molecular weight is 234 g/mol. The van der Waals surface area contributed by atoms with Gasteiger partial charge >= 0.3 is 6.09 Å². The van der Waals surface area contributed by atoms with Gasteiger partial charge in [0.2, 0.25) is 0 Å². The second-order valence-corrected chi connectivity index (χ2v) is 6.74. The fraction of sp³-hybridized carbons (Fsp3) is 0.750. The minimum atomic E-state index is -0.536. The molecule has 1 saturated heterocycles. The van der Waals surface area contributed by atoms with E-state index in [2.05, 4.69) is 29.2 Å². The third-order valence-corrected chi connectivity index (χ3v) is 5.01. The van der Waals surface area contributed by atoms with Crippen molar-refractivity contribution < 1.29 is 9.63 Å². The molecule has 6 heteroatoms. The fourth-order valence-corrected chi connectivity index (χ4v) is 4.07. The van der Waals surface area contributed by atoms with E-state index in [1.807, 2.05) is 23.5 Å². The Morgan fingerprint density at radius 1 is 1.79 bits per heavy atom. The highest BCUT2D eigenvalue weighted by Gasteiger charge is 2.33. The van der Waals surface area contributed by atoms with Crippen LogP contribution in [0.1, 0.15) is 13.8 Å². The van der Waals surface area contributed by atoms with Crippen LogP contribution in [-0.2, 0) is 4.84 Å². The van der Waals surface area contributed by atoms with Gasteiger partial charge in [0.15, 0.2) is 0 Å². The number of carbonyl (C=O) groups is 1. The summed E-state index contributed by atoms with van der Waals surface area (Å²) < 4.78 is -0.0621. The lowest BCUT2D eigenvalue weighted by molar-refractivity contribution is 0.153. The average Bonchev–Trinajstić information content (AvgIpc) is 2.46. The van der Waals surface area contributed by atoms with Gasteiger partial charge in [-0.2, -0.15) is 0 Å². The molecule has 0 aromatic rings. The van der Waals surface area contributed by atoms with Crippen molar-refractivity contribution in [3.63, 3.8) is 0 Å². The molecule has 14 heavy (non-hydrogen) atoms. The number of rotatable bonds is 2. The van der Waals surface area contributed by atoms with Crippen molar-refractivity contribution in [2.24, 2.45) is 5.16 Å². The molecule has 1 fully saturated rings. The topological polar surface area (TPSA) is 50.7 Å². The van der Waals surface area contributed by atoms with Crippen molar-refractivity contribution in [1.29, 1.82) is 0 Å². The number of hydrogen-bond acceptors (Lipinski definition) is 5. The van der Waals surface area contributed by atoms with Crippen LogP contribution in [0.2, 0.25) is 0 Å². The van der Waals surface area contributed by atoms with Gasteiger partial charge in [-0.3, -0.25) is 4.84 Å². The summed E-state index contributed by atoms with van der Waals surface area (Å²) in [5, 5.41) is 6.60. The Morgan fingerprint density at radius 3 is 3.00 bits per heavy atom. The minimum absolute atomic E-state index is 0.0621. The van der Waals surface area contributed by atoms with Gasteiger partial charge in [0.05, 0.1) is 10.3 Å². The lowest BCUT2D eigenvalue weighted by atomic mass is 10.5. The maximum atomic E-state index is 10.7. The lowest BCUT2D eigenvalue weighted by Gasteiger charge is -2.14. The van der Waals surface area contributed by atoms with Gasteiger partial charge in [-0.25, -0.2) is 4.79 Å². The number of amides is 1. The summed E-state index contributed by atoms with van der Waals surface area (Å²) in [5.41, 5.74) is 0. The quantitative estimate of drug-likeness (QED) is 0.450. The van der Waals surface area contributed by atoms with E-state index in [1.54, 1.807) is 6.21 Å². The Morgan fingerprint density at radius 2 is 2.50 bits per heavy atom. The van der Waals surface area contributed by atoms with Crippen molar-refractivity contribution in [1.82, 2.24) is 5.32 Å². The molecule has 1 heterocycles. The highest BCUT2D eigenvalue weighted by molar-refractivity contribution is 8.22. The molecular formula is C8H14N2O2S2. The Kier molecular flexibility index (Phi) is 4.12. The van der Waals surface area contributed by atoms with Crippen LogP contribution in [0.3, 0.4) is 0 Å². The first-order valence-electron chi connectivity index (χ1n) is 4.31. The summed E-state index contributed by atoms with van der Waals surface area (Å²) in [7, 11) is 1.50. The second kappa shape index (κ2) is 4.93. The molecule has 0 saturated carbocycles. The zero-order valence-electron chi connectivity index (χ0n) is 8.44. The fourth-order valence-electron chi connectivity index (χ4n) is 1.03.